The minimum absolute atomic E-state index is 0.0796. The molecule has 160 valence electrons. The molecule has 0 aromatic heterocycles. The quantitative estimate of drug-likeness (QED) is 0.786. The largest absolute Gasteiger partial charge is 0.481 e. The molecule has 0 aliphatic carbocycles. The van der Waals surface area contributed by atoms with Crippen molar-refractivity contribution in [2.75, 3.05) is 23.0 Å². The summed E-state index contributed by atoms with van der Waals surface area (Å²) in [4.78, 5) is 25.9. The van der Waals surface area contributed by atoms with Crippen LogP contribution in [0.5, 0.6) is 5.75 Å². The monoisotopic (exact) mass is 442 g/mol. The number of halogens is 3. The molecule has 1 unspecified atom stereocenters. The number of nitrogens with one attached hydrogen (secondary N) is 1. The van der Waals surface area contributed by atoms with Gasteiger partial charge in [0.15, 0.2) is 15.9 Å². The fraction of sp³-hybridized carbons (Fsp3) is 0.263. The van der Waals surface area contributed by atoms with Crippen molar-refractivity contribution in [2.45, 2.75) is 24.1 Å². The average molecular weight is 442 g/mol. The smallest absolute Gasteiger partial charge is 0.416 e. The van der Waals surface area contributed by atoms with Gasteiger partial charge in [0.25, 0.3) is 5.91 Å². The number of alkyl halides is 3. The topological polar surface area (TPSA) is 92.8 Å². The van der Waals surface area contributed by atoms with Crippen LogP contribution in [-0.2, 0) is 25.6 Å². The Kier molecular flexibility index (Phi) is 5.50. The summed E-state index contributed by atoms with van der Waals surface area (Å²) in [7, 11) is -3.39. The van der Waals surface area contributed by atoms with Gasteiger partial charge in [0.1, 0.15) is 12.3 Å². The highest BCUT2D eigenvalue weighted by Gasteiger charge is 2.35. The lowest BCUT2D eigenvalue weighted by Crippen LogP contribution is -2.47. The lowest BCUT2D eigenvalue weighted by Gasteiger charge is -2.31. The molecule has 30 heavy (non-hydrogen) atoms. The van der Waals surface area contributed by atoms with Gasteiger partial charge in [0.05, 0.1) is 21.8 Å². The molecule has 0 bridgehead atoms. The van der Waals surface area contributed by atoms with Gasteiger partial charge in [0, 0.05) is 6.26 Å². The van der Waals surface area contributed by atoms with Crippen LogP contribution in [0.3, 0.4) is 0 Å². The van der Waals surface area contributed by atoms with Crippen molar-refractivity contribution in [3.05, 3.63) is 48.0 Å². The summed E-state index contributed by atoms with van der Waals surface area (Å²) in [6.45, 7) is 1.04. The normalized spacial score (nSPS) is 15.2. The summed E-state index contributed by atoms with van der Waals surface area (Å²) in [5, 5.41) is 2.34. The second-order valence-corrected chi connectivity index (χ2v) is 8.72. The van der Waals surface area contributed by atoms with Crippen molar-refractivity contribution >= 4 is 33.0 Å². The van der Waals surface area contributed by atoms with E-state index >= 15 is 0 Å². The number of rotatable bonds is 4. The second-order valence-electron chi connectivity index (χ2n) is 6.71. The molecule has 3 rings (SSSR count). The van der Waals surface area contributed by atoms with Crippen molar-refractivity contribution in [1.82, 2.24) is 0 Å². The van der Waals surface area contributed by atoms with Crippen LogP contribution in [0.4, 0.5) is 24.5 Å². The van der Waals surface area contributed by atoms with Crippen LogP contribution >= 0.6 is 0 Å². The van der Waals surface area contributed by atoms with E-state index in [-0.39, 0.29) is 28.6 Å². The van der Waals surface area contributed by atoms with Gasteiger partial charge in [-0.05, 0) is 49.4 Å². The Morgan fingerprint density at radius 3 is 2.37 bits per heavy atom. The first-order valence-corrected chi connectivity index (χ1v) is 10.5. The molecular formula is C19H17F3N2O5S. The summed E-state index contributed by atoms with van der Waals surface area (Å²) in [5.41, 5.74) is -0.958. The Morgan fingerprint density at radius 1 is 1.17 bits per heavy atom. The molecule has 0 saturated carbocycles. The number of carbonyl (C=O) groups excluding carboxylic acids is 2. The Morgan fingerprint density at radius 2 is 1.80 bits per heavy atom. The summed E-state index contributed by atoms with van der Waals surface area (Å²) in [5.74, 6) is -1.06. The molecule has 11 heteroatoms. The first-order valence-electron chi connectivity index (χ1n) is 8.65. The maximum Gasteiger partial charge on any atom is 0.416 e. The summed E-state index contributed by atoms with van der Waals surface area (Å²) in [6, 6.07) is 8.12. The maximum atomic E-state index is 12.9. The zero-order valence-corrected chi connectivity index (χ0v) is 16.7. The number of ether oxygens (including phenoxy) is 1. The average Bonchev–Trinajstić information content (AvgIpc) is 2.65. The fourth-order valence-corrected chi connectivity index (χ4v) is 3.53. The molecule has 0 saturated heterocycles. The van der Waals surface area contributed by atoms with Gasteiger partial charge in [-0.3, -0.25) is 14.5 Å². The summed E-state index contributed by atoms with van der Waals surface area (Å²) < 4.78 is 67.3. The molecule has 0 fully saturated rings. The van der Waals surface area contributed by atoms with Crippen LogP contribution in [0.2, 0.25) is 0 Å². The molecule has 1 atom stereocenters. The third kappa shape index (κ3) is 4.56. The number of benzene rings is 2. The van der Waals surface area contributed by atoms with Crippen molar-refractivity contribution in [3.8, 4) is 5.75 Å². The Hall–Kier alpha value is -3.08. The number of sulfone groups is 1. The number of hydrogen-bond acceptors (Lipinski definition) is 5. The van der Waals surface area contributed by atoms with Crippen LogP contribution < -0.4 is 15.0 Å². The van der Waals surface area contributed by atoms with E-state index in [2.05, 4.69) is 5.32 Å². The first-order chi connectivity index (χ1) is 13.9. The SMILES string of the molecule is CC(Oc1ccc(S(C)(=O)=O)cc1)C(=O)N1CC(=O)Nc2cc(C(F)(F)F)ccc21. The van der Waals surface area contributed by atoms with Gasteiger partial charge in [-0.25, -0.2) is 8.42 Å². The molecule has 1 N–H and O–H groups in total. The lowest BCUT2D eigenvalue weighted by molar-refractivity contribution is -0.137. The van der Waals surface area contributed by atoms with Crippen molar-refractivity contribution in [2.24, 2.45) is 0 Å². The standard InChI is InChI=1S/C19H17F3N2O5S/c1-11(29-13-4-6-14(7-5-13)30(2,27)28)18(26)24-10-17(25)23-15-9-12(19(20,21)22)3-8-16(15)24/h3-9,11H,10H2,1-2H3,(H,23,25). The number of amides is 2. The van der Waals surface area contributed by atoms with Crippen molar-refractivity contribution < 1.29 is 35.9 Å². The maximum absolute atomic E-state index is 12.9. The first kappa shape index (κ1) is 21.6. The van der Waals surface area contributed by atoms with Crippen LogP contribution in [-0.4, -0.2) is 39.1 Å². The number of nitrogens with zero attached hydrogens (tertiary/aromatic N) is 1. The molecule has 1 aliphatic rings. The van der Waals surface area contributed by atoms with Crippen molar-refractivity contribution in [3.63, 3.8) is 0 Å². The predicted octanol–water partition coefficient (Wildman–Crippen LogP) is 2.86. The summed E-state index contributed by atoms with van der Waals surface area (Å²) in [6.07, 6.45) is -4.63. The van der Waals surface area contributed by atoms with Gasteiger partial charge in [-0.15, -0.1) is 0 Å². The third-order valence-electron chi connectivity index (χ3n) is 4.37. The minimum atomic E-state index is -4.60. The van der Waals surface area contributed by atoms with E-state index in [9.17, 15) is 31.2 Å². The molecule has 1 aliphatic heterocycles. The predicted molar refractivity (Wildman–Crippen MR) is 102 cm³/mol. The zero-order valence-electron chi connectivity index (χ0n) is 15.9. The van der Waals surface area contributed by atoms with Gasteiger partial charge in [-0.2, -0.15) is 13.2 Å². The molecule has 2 amide bonds. The third-order valence-corrected chi connectivity index (χ3v) is 5.50. The summed E-state index contributed by atoms with van der Waals surface area (Å²) >= 11 is 0. The van der Waals surface area contributed by atoms with Gasteiger partial charge in [-0.1, -0.05) is 0 Å². The van der Waals surface area contributed by atoms with E-state index in [0.717, 1.165) is 29.4 Å². The highest BCUT2D eigenvalue weighted by atomic mass is 32.2. The van der Waals surface area contributed by atoms with Gasteiger partial charge < -0.3 is 10.1 Å². The van der Waals surface area contributed by atoms with Crippen LogP contribution in [0.15, 0.2) is 47.4 Å². The molecule has 0 radical (unpaired) electrons. The van der Waals surface area contributed by atoms with E-state index in [1.165, 1.54) is 31.2 Å². The Bertz CT molecular complexity index is 1100. The number of carbonyl (C=O) groups is 2. The molecule has 1 heterocycles. The fourth-order valence-electron chi connectivity index (χ4n) is 2.90. The van der Waals surface area contributed by atoms with E-state index < -0.39 is 39.5 Å². The van der Waals surface area contributed by atoms with Gasteiger partial charge in [0.2, 0.25) is 5.91 Å². The van der Waals surface area contributed by atoms with Crippen LogP contribution in [0.25, 0.3) is 0 Å². The Labute approximate surface area is 170 Å². The Balaban J connectivity index is 1.82. The number of fused-ring (bicyclic) bond motifs is 1. The highest BCUT2D eigenvalue weighted by molar-refractivity contribution is 7.90. The van der Waals surface area contributed by atoms with Crippen LogP contribution in [0.1, 0.15) is 12.5 Å². The molecular weight excluding hydrogens is 425 g/mol. The van der Waals surface area contributed by atoms with E-state index in [1.807, 2.05) is 0 Å². The van der Waals surface area contributed by atoms with Gasteiger partial charge >= 0.3 is 6.18 Å². The van der Waals surface area contributed by atoms with Crippen LogP contribution in [0, 0.1) is 0 Å². The molecule has 2 aromatic rings. The second kappa shape index (κ2) is 7.63. The van der Waals surface area contributed by atoms with Crippen molar-refractivity contribution in [1.29, 1.82) is 0 Å². The minimum Gasteiger partial charge on any atom is -0.481 e. The van der Waals surface area contributed by atoms with E-state index in [1.54, 1.807) is 0 Å². The molecule has 0 spiro atoms. The van der Waals surface area contributed by atoms with E-state index in [0.29, 0.717) is 0 Å². The van der Waals surface area contributed by atoms with E-state index in [4.69, 9.17) is 4.74 Å². The highest BCUT2D eigenvalue weighted by Crippen LogP contribution is 2.37. The lowest BCUT2D eigenvalue weighted by atomic mass is 10.1. The number of hydrogen-bond donors (Lipinski definition) is 1. The zero-order chi connectivity index (χ0) is 22.3. The molecule has 2 aromatic carbocycles. The molecule has 7 nitrogen and oxygen atoms in total. The number of anilines is 2.